The first-order valence-corrected chi connectivity index (χ1v) is 10.2. The first kappa shape index (κ1) is 18.8. The highest BCUT2D eigenvalue weighted by Gasteiger charge is 2.32. The fourth-order valence-electron chi connectivity index (χ4n) is 3.47. The minimum atomic E-state index is -0.759. The van der Waals surface area contributed by atoms with Crippen molar-refractivity contribution in [3.05, 3.63) is 59.0 Å². The fraction of sp³-hybridized carbons (Fsp3) is 0.318. The third kappa shape index (κ3) is 3.84. The average molecular weight is 397 g/mol. The molecule has 28 heavy (non-hydrogen) atoms. The standard InChI is InChI=1S/C22H23NO4S/c1-22(2)10-14-6-5-8-18(21(14)27-22)26-12-20(25)23-11-17(24)16-13-28-19-9-4-3-7-15(16)19/h3-9,13,17,24H,10-12H2,1-2H3,(H,23,25). The van der Waals surface area contributed by atoms with Gasteiger partial charge in [-0.2, -0.15) is 0 Å². The van der Waals surface area contributed by atoms with Gasteiger partial charge in [0.25, 0.3) is 5.91 Å². The van der Waals surface area contributed by atoms with E-state index in [4.69, 9.17) is 9.47 Å². The summed E-state index contributed by atoms with van der Waals surface area (Å²) in [5.74, 6) is 1.00. The number of carbonyl (C=O) groups is 1. The van der Waals surface area contributed by atoms with Crippen LogP contribution in [0.3, 0.4) is 0 Å². The zero-order chi connectivity index (χ0) is 19.7. The third-order valence-corrected chi connectivity index (χ3v) is 5.76. The molecule has 6 heteroatoms. The van der Waals surface area contributed by atoms with E-state index < -0.39 is 6.10 Å². The van der Waals surface area contributed by atoms with Crippen LogP contribution in [0.2, 0.25) is 0 Å². The van der Waals surface area contributed by atoms with Gasteiger partial charge in [0.2, 0.25) is 0 Å². The largest absolute Gasteiger partial charge is 0.483 e. The summed E-state index contributed by atoms with van der Waals surface area (Å²) < 4.78 is 12.7. The summed E-state index contributed by atoms with van der Waals surface area (Å²) in [6, 6.07) is 13.6. The normalized spacial score (nSPS) is 15.7. The van der Waals surface area contributed by atoms with Gasteiger partial charge in [-0.25, -0.2) is 0 Å². The predicted octanol–water partition coefficient (Wildman–Crippen LogP) is 3.84. The van der Waals surface area contributed by atoms with E-state index in [1.165, 1.54) is 0 Å². The molecule has 0 bridgehead atoms. The van der Waals surface area contributed by atoms with Gasteiger partial charge in [0.1, 0.15) is 5.60 Å². The Morgan fingerprint density at radius 1 is 1.29 bits per heavy atom. The van der Waals surface area contributed by atoms with Gasteiger partial charge >= 0.3 is 0 Å². The Labute approximate surface area is 167 Å². The Morgan fingerprint density at radius 3 is 2.96 bits per heavy atom. The summed E-state index contributed by atoms with van der Waals surface area (Å²) in [5, 5.41) is 16.2. The molecule has 2 N–H and O–H groups in total. The fourth-order valence-corrected chi connectivity index (χ4v) is 4.48. The maximum atomic E-state index is 12.2. The number of fused-ring (bicyclic) bond motifs is 2. The van der Waals surface area contributed by atoms with Gasteiger partial charge in [0.15, 0.2) is 18.1 Å². The quantitative estimate of drug-likeness (QED) is 0.663. The number of hydrogen-bond donors (Lipinski definition) is 2. The molecule has 3 aromatic rings. The summed E-state index contributed by atoms with van der Waals surface area (Å²) in [6.45, 7) is 4.06. The second-order valence-corrected chi connectivity index (χ2v) is 8.49. The number of aliphatic hydroxyl groups excluding tert-OH is 1. The Balaban J connectivity index is 1.33. The Kier molecular flexibility index (Phi) is 5.00. The van der Waals surface area contributed by atoms with Crippen molar-refractivity contribution in [3.63, 3.8) is 0 Å². The molecule has 1 aromatic heterocycles. The smallest absolute Gasteiger partial charge is 0.258 e. The maximum Gasteiger partial charge on any atom is 0.258 e. The molecule has 1 aliphatic rings. The molecule has 1 aliphatic heterocycles. The highest BCUT2D eigenvalue weighted by molar-refractivity contribution is 7.17. The van der Waals surface area contributed by atoms with Crippen LogP contribution in [0.15, 0.2) is 47.8 Å². The summed E-state index contributed by atoms with van der Waals surface area (Å²) in [7, 11) is 0. The van der Waals surface area contributed by atoms with Crippen LogP contribution in [-0.4, -0.2) is 29.8 Å². The van der Waals surface area contributed by atoms with E-state index in [-0.39, 0.29) is 24.7 Å². The Hall–Kier alpha value is -2.57. The lowest BCUT2D eigenvalue weighted by Crippen LogP contribution is -2.32. The van der Waals surface area contributed by atoms with Gasteiger partial charge in [0.05, 0.1) is 6.10 Å². The molecule has 0 aliphatic carbocycles. The molecule has 1 atom stereocenters. The number of aliphatic hydroxyl groups is 1. The third-order valence-electron chi connectivity index (χ3n) is 4.78. The van der Waals surface area contributed by atoms with Crippen molar-refractivity contribution < 1.29 is 19.4 Å². The van der Waals surface area contributed by atoms with Crippen LogP contribution in [-0.2, 0) is 11.2 Å². The number of benzene rings is 2. The van der Waals surface area contributed by atoms with Crippen molar-refractivity contribution in [2.45, 2.75) is 32.0 Å². The highest BCUT2D eigenvalue weighted by atomic mass is 32.1. The van der Waals surface area contributed by atoms with E-state index >= 15 is 0 Å². The van der Waals surface area contributed by atoms with Crippen molar-refractivity contribution in [2.24, 2.45) is 0 Å². The van der Waals surface area contributed by atoms with Crippen molar-refractivity contribution >= 4 is 27.3 Å². The van der Waals surface area contributed by atoms with Gasteiger partial charge in [-0.15, -0.1) is 11.3 Å². The van der Waals surface area contributed by atoms with Crippen molar-refractivity contribution in [3.8, 4) is 11.5 Å². The number of amides is 1. The Morgan fingerprint density at radius 2 is 2.11 bits per heavy atom. The monoisotopic (exact) mass is 397 g/mol. The summed E-state index contributed by atoms with van der Waals surface area (Å²) >= 11 is 1.58. The first-order chi connectivity index (χ1) is 13.4. The second-order valence-electron chi connectivity index (χ2n) is 7.58. The molecular weight excluding hydrogens is 374 g/mol. The maximum absolute atomic E-state index is 12.2. The summed E-state index contributed by atoms with van der Waals surface area (Å²) in [6.07, 6.45) is 0.0530. The van der Waals surface area contributed by atoms with Crippen LogP contribution >= 0.6 is 11.3 Å². The predicted molar refractivity (Wildman–Crippen MR) is 110 cm³/mol. The average Bonchev–Trinajstić information content (AvgIpc) is 3.23. The van der Waals surface area contributed by atoms with E-state index in [0.29, 0.717) is 11.5 Å². The molecule has 2 heterocycles. The van der Waals surface area contributed by atoms with Crippen LogP contribution in [0, 0.1) is 0 Å². The molecule has 0 spiro atoms. The van der Waals surface area contributed by atoms with E-state index in [0.717, 1.165) is 27.6 Å². The number of carbonyl (C=O) groups excluding carboxylic acids is 1. The van der Waals surface area contributed by atoms with Gasteiger partial charge in [-0.3, -0.25) is 4.79 Å². The van der Waals surface area contributed by atoms with Crippen LogP contribution in [0.25, 0.3) is 10.1 Å². The Bertz CT molecular complexity index is 1010. The number of ether oxygens (including phenoxy) is 2. The lowest BCUT2D eigenvalue weighted by molar-refractivity contribution is -0.123. The van der Waals surface area contributed by atoms with E-state index in [1.54, 1.807) is 17.4 Å². The van der Waals surface area contributed by atoms with E-state index in [9.17, 15) is 9.90 Å². The molecule has 146 valence electrons. The molecule has 0 fully saturated rings. The highest BCUT2D eigenvalue weighted by Crippen LogP contribution is 2.41. The zero-order valence-electron chi connectivity index (χ0n) is 15.9. The first-order valence-electron chi connectivity index (χ1n) is 9.27. The van der Waals surface area contributed by atoms with Crippen molar-refractivity contribution in [2.75, 3.05) is 13.2 Å². The molecule has 5 nitrogen and oxygen atoms in total. The molecule has 0 saturated carbocycles. The minimum Gasteiger partial charge on any atom is -0.483 e. The molecule has 1 amide bonds. The van der Waals surface area contributed by atoms with E-state index in [1.807, 2.05) is 55.6 Å². The molecule has 4 rings (SSSR count). The topological polar surface area (TPSA) is 67.8 Å². The number of thiophene rings is 1. The summed E-state index contributed by atoms with van der Waals surface area (Å²) in [4.78, 5) is 12.2. The van der Waals surface area contributed by atoms with Crippen LogP contribution < -0.4 is 14.8 Å². The molecule has 0 radical (unpaired) electrons. The van der Waals surface area contributed by atoms with E-state index in [2.05, 4.69) is 5.32 Å². The second kappa shape index (κ2) is 7.45. The van der Waals surface area contributed by atoms with Gasteiger partial charge in [-0.1, -0.05) is 30.3 Å². The van der Waals surface area contributed by atoms with Crippen LogP contribution in [0.5, 0.6) is 11.5 Å². The number of rotatable bonds is 6. The minimum absolute atomic E-state index is 0.128. The zero-order valence-corrected chi connectivity index (χ0v) is 16.7. The molecule has 2 aromatic carbocycles. The van der Waals surface area contributed by atoms with Gasteiger partial charge in [0, 0.05) is 28.8 Å². The molecule has 0 saturated heterocycles. The van der Waals surface area contributed by atoms with Crippen LogP contribution in [0.4, 0.5) is 0 Å². The lowest BCUT2D eigenvalue weighted by Gasteiger charge is -2.18. The molecule has 1 unspecified atom stereocenters. The SMILES string of the molecule is CC1(C)Cc2cccc(OCC(=O)NCC(O)c3csc4ccccc34)c2O1. The van der Waals surface area contributed by atoms with Gasteiger partial charge in [-0.05, 0) is 36.7 Å². The number of nitrogens with one attached hydrogen (secondary N) is 1. The summed E-state index contributed by atoms with van der Waals surface area (Å²) in [5.41, 5.74) is 1.65. The number of hydrogen-bond acceptors (Lipinski definition) is 5. The van der Waals surface area contributed by atoms with Gasteiger partial charge < -0.3 is 19.9 Å². The van der Waals surface area contributed by atoms with Crippen LogP contribution in [0.1, 0.15) is 31.1 Å². The van der Waals surface area contributed by atoms with Crippen molar-refractivity contribution in [1.29, 1.82) is 0 Å². The lowest BCUT2D eigenvalue weighted by atomic mass is 10.0. The number of para-hydroxylation sites is 1. The van der Waals surface area contributed by atoms with Crippen molar-refractivity contribution in [1.82, 2.24) is 5.32 Å². The molecular formula is C22H23NO4S.